The van der Waals surface area contributed by atoms with Gasteiger partial charge in [0.2, 0.25) is 5.91 Å². The van der Waals surface area contributed by atoms with Crippen LogP contribution < -0.4 is 5.73 Å². The molecular formula is C12H21N3OS. The molecule has 1 saturated heterocycles. The van der Waals surface area contributed by atoms with Gasteiger partial charge < -0.3 is 10.6 Å². The van der Waals surface area contributed by atoms with Crippen molar-refractivity contribution >= 4 is 23.1 Å². The summed E-state index contributed by atoms with van der Waals surface area (Å²) >= 11 is 5.09. The predicted molar refractivity (Wildman–Crippen MR) is 71.8 cm³/mol. The molecule has 2 N–H and O–H groups in total. The minimum Gasteiger partial charge on any atom is -0.392 e. The lowest BCUT2D eigenvalue weighted by atomic mass is 10.0. The zero-order chi connectivity index (χ0) is 12.4. The summed E-state index contributed by atoms with van der Waals surface area (Å²) in [5, 5.41) is 0. The van der Waals surface area contributed by atoms with E-state index >= 15 is 0 Å². The molecule has 0 bridgehead atoms. The summed E-state index contributed by atoms with van der Waals surface area (Å²) < 4.78 is 0. The lowest BCUT2D eigenvalue weighted by Crippen LogP contribution is -2.51. The number of rotatable bonds is 4. The van der Waals surface area contributed by atoms with Gasteiger partial charge in [-0.1, -0.05) is 18.6 Å². The zero-order valence-corrected chi connectivity index (χ0v) is 11.2. The van der Waals surface area contributed by atoms with Crippen LogP contribution in [0, 0.1) is 0 Å². The molecule has 2 aliphatic rings. The van der Waals surface area contributed by atoms with Crippen LogP contribution in [0.2, 0.25) is 0 Å². The van der Waals surface area contributed by atoms with Gasteiger partial charge in [-0.15, -0.1) is 0 Å². The van der Waals surface area contributed by atoms with Crippen LogP contribution in [0.1, 0.15) is 32.1 Å². The number of hydrogen-bond donors (Lipinski definition) is 1. The van der Waals surface area contributed by atoms with E-state index in [-0.39, 0.29) is 11.9 Å². The Morgan fingerprint density at radius 2 is 2.12 bits per heavy atom. The van der Waals surface area contributed by atoms with E-state index in [1.807, 2.05) is 11.9 Å². The van der Waals surface area contributed by atoms with Gasteiger partial charge in [0.15, 0.2) is 0 Å². The minimum atomic E-state index is 0.121. The summed E-state index contributed by atoms with van der Waals surface area (Å²) in [7, 11) is 1.90. The van der Waals surface area contributed by atoms with Gasteiger partial charge in [-0.3, -0.25) is 9.69 Å². The van der Waals surface area contributed by atoms with Gasteiger partial charge >= 0.3 is 0 Å². The van der Waals surface area contributed by atoms with Crippen LogP contribution >= 0.6 is 12.2 Å². The molecule has 17 heavy (non-hydrogen) atoms. The number of nitrogens with zero attached hydrogens (tertiary/aromatic N) is 2. The molecule has 1 amide bonds. The molecule has 5 heteroatoms. The fraction of sp³-hybridized carbons (Fsp3) is 0.833. The molecule has 0 aromatic rings. The van der Waals surface area contributed by atoms with E-state index in [2.05, 4.69) is 4.90 Å². The van der Waals surface area contributed by atoms with Crippen LogP contribution in [-0.4, -0.2) is 52.9 Å². The highest BCUT2D eigenvalue weighted by atomic mass is 32.1. The number of carbonyl (C=O) groups is 1. The van der Waals surface area contributed by atoms with E-state index in [0.29, 0.717) is 17.6 Å². The molecule has 0 spiro atoms. The van der Waals surface area contributed by atoms with Crippen LogP contribution in [0.25, 0.3) is 0 Å². The van der Waals surface area contributed by atoms with Gasteiger partial charge in [0, 0.05) is 13.1 Å². The van der Waals surface area contributed by atoms with Crippen molar-refractivity contribution in [1.29, 1.82) is 0 Å². The van der Waals surface area contributed by atoms with E-state index in [1.165, 1.54) is 0 Å². The van der Waals surface area contributed by atoms with E-state index in [4.69, 9.17) is 18.0 Å². The van der Waals surface area contributed by atoms with Crippen LogP contribution in [0.15, 0.2) is 0 Å². The summed E-state index contributed by atoms with van der Waals surface area (Å²) in [5.74, 6) is 0.204. The van der Waals surface area contributed by atoms with Crippen molar-refractivity contribution in [1.82, 2.24) is 9.80 Å². The molecule has 1 aliphatic heterocycles. The molecule has 1 unspecified atom stereocenters. The molecular weight excluding hydrogens is 234 g/mol. The molecule has 1 heterocycles. The van der Waals surface area contributed by atoms with Crippen LogP contribution in [-0.2, 0) is 4.79 Å². The third-order valence-corrected chi connectivity index (χ3v) is 4.04. The monoisotopic (exact) mass is 255 g/mol. The van der Waals surface area contributed by atoms with Crippen LogP contribution in [0.4, 0.5) is 0 Å². The Kier molecular flexibility index (Phi) is 3.99. The Balaban J connectivity index is 1.90. The highest BCUT2D eigenvalue weighted by Crippen LogP contribution is 2.26. The smallest absolute Gasteiger partial charge is 0.236 e. The summed E-state index contributed by atoms with van der Waals surface area (Å²) in [5.41, 5.74) is 5.75. The number of thiocarbonyl (C=S) groups is 1. The first-order valence-electron chi connectivity index (χ1n) is 6.38. The Hall–Kier alpha value is -0.680. The van der Waals surface area contributed by atoms with Gasteiger partial charge in [0.05, 0.1) is 17.6 Å². The lowest BCUT2D eigenvalue weighted by molar-refractivity contribution is -0.132. The summed E-state index contributed by atoms with van der Waals surface area (Å²) in [6.45, 7) is 1.40. The van der Waals surface area contributed by atoms with Crippen molar-refractivity contribution in [2.75, 3.05) is 20.1 Å². The molecule has 0 aromatic carbocycles. The van der Waals surface area contributed by atoms with Gasteiger partial charge in [-0.05, 0) is 32.2 Å². The van der Waals surface area contributed by atoms with Crippen LogP contribution in [0.3, 0.4) is 0 Å². The standard InChI is InChI=1S/C12H21N3OS/c1-14(9-5-6-9)11(16)8-15-7-3-2-4-10(15)12(13)17/h9-10H,2-8H2,1H3,(H2,13,17). The van der Waals surface area contributed by atoms with E-state index in [9.17, 15) is 4.79 Å². The Morgan fingerprint density at radius 1 is 1.41 bits per heavy atom. The van der Waals surface area contributed by atoms with Gasteiger partial charge in [0.25, 0.3) is 0 Å². The topological polar surface area (TPSA) is 49.6 Å². The summed E-state index contributed by atoms with van der Waals surface area (Å²) in [6.07, 6.45) is 5.60. The Bertz CT molecular complexity index is 317. The highest BCUT2D eigenvalue weighted by Gasteiger charge is 2.32. The van der Waals surface area contributed by atoms with E-state index < -0.39 is 0 Å². The molecule has 4 nitrogen and oxygen atoms in total. The van der Waals surface area contributed by atoms with E-state index in [1.54, 1.807) is 0 Å². The maximum absolute atomic E-state index is 12.1. The maximum Gasteiger partial charge on any atom is 0.236 e. The third kappa shape index (κ3) is 3.16. The first-order valence-corrected chi connectivity index (χ1v) is 6.79. The van der Waals surface area contributed by atoms with Crippen molar-refractivity contribution in [2.45, 2.75) is 44.2 Å². The molecule has 1 aliphatic carbocycles. The molecule has 2 rings (SSSR count). The predicted octanol–water partition coefficient (Wildman–Crippen LogP) is 0.748. The number of piperidine rings is 1. The molecule has 1 atom stereocenters. The van der Waals surface area contributed by atoms with Crippen molar-refractivity contribution in [3.63, 3.8) is 0 Å². The molecule has 96 valence electrons. The van der Waals surface area contributed by atoms with E-state index in [0.717, 1.165) is 38.6 Å². The fourth-order valence-corrected chi connectivity index (χ4v) is 2.72. The summed E-state index contributed by atoms with van der Waals surface area (Å²) in [4.78, 5) is 16.6. The number of nitrogens with two attached hydrogens (primary N) is 1. The average molecular weight is 255 g/mol. The largest absolute Gasteiger partial charge is 0.392 e. The first kappa shape index (κ1) is 12.8. The number of hydrogen-bond acceptors (Lipinski definition) is 3. The molecule has 0 aromatic heterocycles. The highest BCUT2D eigenvalue weighted by molar-refractivity contribution is 7.80. The SMILES string of the molecule is CN(C(=O)CN1CCCCC1C(N)=S)C1CC1. The van der Waals surface area contributed by atoms with Gasteiger partial charge in [-0.2, -0.15) is 0 Å². The second-order valence-electron chi connectivity index (χ2n) is 5.12. The van der Waals surface area contributed by atoms with Crippen molar-refractivity contribution in [3.8, 4) is 0 Å². The first-order chi connectivity index (χ1) is 8.09. The quantitative estimate of drug-likeness (QED) is 0.753. The van der Waals surface area contributed by atoms with Crippen molar-refractivity contribution < 1.29 is 4.79 Å². The number of amides is 1. The maximum atomic E-state index is 12.1. The fourth-order valence-electron chi connectivity index (χ4n) is 2.45. The number of carbonyl (C=O) groups excluding carboxylic acids is 1. The second kappa shape index (κ2) is 5.31. The van der Waals surface area contributed by atoms with Crippen LogP contribution in [0.5, 0.6) is 0 Å². The Morgan fingerprint density at radius 3 is 2.71 bits per heavy atom. The summed E-state index contributed by atoms with van der Waals surface area (Å²) in [6, 6.07) is 0.603. The molecule has 0 radical (unpaired) electrons. The minimum absolute atomic E-state index is 0.121. The lowest BCUT2D eigenvalue weighted by Gasteiger charge is -2.35. The Labute approximate surface area is 108 Å². The molecule has 1 saturated carbocycles. The molecule has 2 fully saturated rings. The second-order valence-corrected chi connectivity index (χ2v) is 5.59. The number of likely N-dealkylation sites (tertiary alicyclic amines) is 1. The average Bonchev–Trinajstić information content (AvgIpc) is 3.12. The number of likely N-dealkylation sites (N-methyl/N-ethyl adjacent to an activating group) is 1. The third-order valence-electron chi connectivity index (χ3n) is 3.77. The van der Waals surface area contributed by atoms with Crippen molar-refractivity contribution in [3.05, 3.63) is 0 Å². The zero-order valence-electron chi connectivity index (χ0n) is 10.4. The van der Waals surface area contributed by atoms with Gasteiger partial charge in [0.1, 0.15) is 0 Å². The van der Waals surface area contributed by atoms with Crippen molar-refractivity contribution in [2.24, 2.45) is 5.73 Å². The van der Waals surface area contributed by atoms with Gasteiger partial charge in [-0.25, -0.2) is 0 Å². The normalized spacial score (nSPS) is 25.6.